The summed E-state index contributed by atoms with van der Waals surface area (Å²) >= 11 is 0. The maximum Gasteiger partial charge on any atom is 0.223 e. The van der Waals surface area contributed by atoms with E-state index >= 15 is 0 Å². The van der Waals surface area contributed by atoms with Gasteiger partial charge in [-0.25, -0.2) is 0 Å². The Kier molecular flexibility index (Phi) is 9.77. The summed E-state index contributed by atoms with van der Waals surface area (Å²) in [6.45, 7) is 2.43. The van der Waals surface area contributed by atoms with Crippen molar-refractivity contribution in [3.8, 4) is 0 Å². The lowest BCUT2D eigenvalue weighted by Crippen LogP contribution is -2.50. The number of aromatic nitrogens is 2. The number of piperidine rings is 1. The van der Waals surface area contributed by atoms with E-state index in [0.717, 1.165) is 44.6 Å². The van der Waals surface area contributed by atoms with Gasteiger partial charge in [-0.3, -0.25) is 4.79 Å². The van der Waals surface area contributed by atoms with E-state index in [1.54, 1.807) is 6.20 Å². The van der Waals surface area contributed by atoms with Crippen molar-refractivity contribution in [1.82, 2.24) is 15.1 Å². The molecule has 2 N–H and O–H groups in total. The standard InChI is InChI=1S/C19H31N5O.2ClH/c1-23(18(25)13-19(15-20)9-3-2-4-10-19)16-7-6-12-24(14-16)17-8-5-11-21-22-17;;/h5,8,11,16H,2-4,6-7,9-10,12-15,20H2,1H3;2*1H. The van der Waals surface area contributed by atoms with E-state index in [1.807, 2.05) is 24.1 Å². The fourth-order valence-corrected chi connectivity index (χ4v) is 4.34. The number of likely N-dealkylation sites (N-methyl/N-ethyl adjacent to an activating group) is 1. The van der Waals surface area contributed by atoms with Gasteiger partial charge in [0.1, 0.15) is 0 Å². The molecular weight excluding hydrogens is 385 g/mol. The van der Waals surface area contributed by atoms with Crippen LogP contribution in [0.1, 0.15) is 51.4 Å². The molecule has 0 aromatic carbocycles. The van der Waals surface area contributed by atoms with E-state index in [-0.39, 0.29) is 42.2 Å². The van der Waals surface area contributed by atoms with Gasteiger partial charge in [0, 0.05) is 38.8 Å². The molecule has 2 aliphatic rings. The van der Waals surface area contributed by atoms with Gasteiger partial charge in [-0.15, -0.1) is 29.9 Å². The van der Waals surface area contributed by atoms with Gasteiger partial charge in [0.2, 0.25) is 5.91 Å². The number of carbonyl (C=O) groups excluding carboxylic acids is 1. The maximum atomic E-state index is 12.9. The van der Waals surface area contributed by atoms with Crippen molar-refractivity contribution in [2.24, 2.45) is 11.1 Å². The number of carbonyl (C=O) groups is 1. The first-order valence-electron chi connectivity index (χ1n) is 9.62. The number of nitrogens with two attached hydrogens (primary N) is 1. The molecular formula is C19H33Cl2N5O. The Bertz CT molecular complexity index is 568. The molecule has 0 spiro atoms. The second-order valence-corrected chi connectivity index (χ2v) is 7.77. The Morgan fingerprint density at radius 3 is 2.67 bits per heavy atom. The van der Waals surface area contributed by atoms with Gasteiger partial charge in [0.15, 0.2) is 5.82 Å². The highest BCUT2D eigenvalue weighted by atomic mass is 35.5. The second-order valence-electron chi connectivity index (χ2n) is 7.77. The highest BCUT2D eigenvalue weighted by Crippen LogP contribution is 2.39. The fraction of sp³-hybridized carbons (Fsp3) is 0.737. The molecule has 1 aliphatic heterocycles. The summed E-state index contributed by atoms with van der Waals surface area (Å²) < 4.78 is 0. The first kappa shape index (κ1) is 23.9. The number of nitrogens with zero attached hydrogens (tertiary/aromatic N) is 4. The Morgan fingerprint density at radius 2 is 2.04 bits per heavy atom. The molecule has 2 fully saturated rings. The molecule has 6 nitrogen and oxygen atoms in total. The van der Waals surface area contributed by atoms with Gasteiger partial charge in [0.05, 0.1) is 0 Å². The van der Waals surface area contributed by atoms with Crippen molar-refractivity contribution in [3.63, 3.8) is 0 Å². The van der Waals surface area contributed by atoms with Crippen LogP contribution in [0.3, 0.4) is 0 Å². The summed E-state index contributed by atoms with van der Waals surface area (Å²) in [4.78, 5) is 17.1. The predicted octanol–water partition coefficient (Wildman–Crippen LogP) is 3.05. The zero-order chi connectivity index (χ0) is 17.7. The van der Waals surface area contributed by atoms with Crippen LogP contribution in [0.5, 0.6) is 0 Å². The molecule has 1 amide bonds. The molecule has 0 bridgehead atoms. The molecule has 154 valence electrons. The molecule has 1 saturated carbocycles. The SMILES string of the molecule is CN(C(=O)CC1(CN)CCCCC1)C1CCCN(c2cccnn2)C1.Cl.Cl. The van der Waals surface area contributed by atoms with Crippen molar-refractivity contribution in [3.05, 3.63) is 18.3 Å². The van der Waals surface area contributed by atoms with Crippen LogP contribution in [0.15, 0.2) is 18.3 Å². The fourth-order valence-electron chi connectivity index (χ4n) is 4.34. The molecule has 1 aromatic rings. The van der Waals surface area contributed by atoms with Crippen molar-refractivity contribution >= 4 is 36.5 Å². The molecule has 1 aliphatic carbocycles. The van der Waals surface area contributed by atoms with E-state index in [2.05, 4.69) is 15.1 Å². The third kappa shape index (κ3) is 5.93. The number of amides is 1. The normalized spacial score (nSPS) is 21.6. The van der Waals surface area contributed by atoms with Crippen LogP contribution < -0.4 is 10.6 Å². The van der Waals surface area contributed by atoms with Crippen molar-refractivity contribution in [2.75, 3.05) is 31.6 Å². The molecule has 1 atom stereocenters. The molecule has 1 aromatic heterocycles. The van der Waals surface area contributed by atoms with E-state index in [1.165, 1.54) is 19.3 Å². The van der Waals surface area contributed by atoms with Gasteiger partial charge < -0.3 is 15.5 Å². The maximum absolute atomic E-state index is 12.9. The number of hydrogen-bond acceptors (Lipinski definition) is 5. The van der Waals surface area contributed by atoms with Gasteiger partial charge in [0.25, 0.3) is 0 Å². The topological polar surface area (TPSA) is 75.3 Å². The summed E-state index contributed by atoms with van der Waals surface area (Å²) in [5.74, 6) is 1.15. The third-order valence-electron chi connectivity index (χ3n) is 6.09. The molecule has 27 heavy (non-hydrogen) atoms. The van der Waals surface area contributed by atoms with Crippen LogP contribution in [0, 0.1) is 5.41 Å². The minimum Gasteiger partial charge on any atom is -0.353 e. The minimum absolute atomic E-state index is 0. The van der Waals surface area contributed by atoms with Crippen LogP contribution in [-0.4, -0.2) is 53.7 Å². The largest absolute Gasteiger partial charge is 0.353 e. The lowest BCUT2D eigenvalue weighted by molar-refractivity contribution is -0.135. The monoisotopic (exact) mass is 417 g/mol. The summed E-state index contributed by atoms with van der Waals surface area (Å²) in [5.41, 5.74) is 6.10. The van der Waals surface area contributed by atoms with E-state index in [0.29, 0.717) is 13.0 Å². The lowest BCUT2D eigenvalue weighted by atomic mass is 9.71. The van der Waals surface area contributed by atoms with Crippen LogP contribution in [-0.2, 0) is 4.79 Å². The summed E-state index contributed by atoms with van der Waals surface area (Å²) in [5, 5.41) is 8.19. The quantitative estimate of drug-likeness (QED) is 0.796. The van der Waals surface area contributed by atoms with Crippen LogP contribution in [0.4, 0.5) is 5.82 Å². The van der Waals surface area contributed by atoms with Crippen LogP contribution in [0.25, 0.3) is 0 Å². The summed E-state index contributed by atoms with van der Waals surface area (Å²) in [6, 6.07) is 4.14. The Labute approximate surface area is 175 Å². The highest BCUT2D eigenvalue weighted by Gasteiger charge is 2.35. The van der Waals surface area contributed by atoms with Crippen molar-refractivity contribution in [1.29, 1.82) is 0 Å². The van der Waals surface area contributed by atoms with E-state index in [9.17, 15) is 4.79 Å². The zero-order valence-corrected chi connectivity index (χ0v) is 17.8. The average molecular weight is 418 g/mol. The molecule has 8 heteroatoms. The Hall–Kier alpha value is -1.11. The Morgan fingerprint density at radius 1 is 1.30 bits per heavy atom. The van der Waals surface area contributed by atoms with Gasteiger partial charge in [-0.2, -0.15) is 5.10 Å². The van der Waals surface area contributed by atoms with Crippen molar-refractivity contribution < 1.29 is 4.79 Å². The third-order valence-corrected chi connectivity index (χ3v) is 6.09. The van der Waals surface area contributed by atoms with Gasteiger partial charge in [-0.05, 0) is 49.8 Å². The number of halogens is 2. The minimum atomic E-state index is 0. The summed E-state index contributed by atoms with van der Waals surface area (Å²) in [6.07, 6.45) is 10.3. The number of anilines is 1. The first-order chi connectivity index (χ1) is 12.1. The average Bonchev–Trinajstić information content (AvgIpc) is 2.69. The highest BCUT2D eigenvalue weighted by molar-refractivity contribution is 5.85. The molecule has 0 radical (unpaired) electrons. The number of hydrogen-bond donors (Lipinski definition) is 1. The van der Waals surface area contributed by atoms with Crippen LogP contribution in [0.2, 0.25) is 0 Å². The molecule has 1 saturated heterocycles. The molecule has 3 rings (SSSR count). The van der Waals surface area contributed by atoms with E-state index < -0.39 is 0 Å². The Balaban J connectivity index is 0.00000182. The van der Waals surface area contributed by atoms with Crippen molar-refractivity contribution in [2.45, 2.75) is 57.4 Å². The van der Waals surface area contributed by atoms with Gasteiger partial charge >= 0.3 is 0 Å². The van der Waals surface area contributed by atoms with Crippen LogP contribution >= 0.6 is 24.8 Å². The van der Waals surface area contributed by atoms with E-state index in [4.69, 9.17) is 5.73 Å². The predicted molar refractivity (Wildman–Crippen MR) is 114 cm³/mol. The van der Waals surface area contributed by atoms with Gasteiger partial charge in [-0.1, -0.05) is 19.3 Å². The smallest absolute Gasteiger partial charge is 0.223 e. The molecule has 2 heterocycles. The number of rotatable bonds is 5. The second kappa shape index (κ2) is 11.0. The summed E-state index contributed by atoms with van der Waals surface area (Å²) in [7, 11) is 1.96. The zero-order valence-electron chi connectivity index (χ0n) is 16.2. The molecule has 1 unspecified atom stereocenters. The first-order valence-corrected chi connectivity index (χ1v) is 9.62. The lowest BCUT2D eigenvalue weighted by Gasteiger charge is -2.41.